The van der Waals surface area contributed by atoms with Crippen molar-refractivity contribution in [3.63, 3.8) is 0 Å². The third-order valence-electron chi connectivity index (χ3n) is 1.50. The third-order valence-corrected chi connectivity index (χ3v) is 1.50. The Morgan fingerprint density at radius 1 is 1.56 bits per heavy atom. The van der Waals surface area contributed by atoms with Crippen molar-refractivity contribution in [3.05, 3.63) is 0 Å². The van der Waals surface area contributed by atoms with Crippen LogP contribution in [0.25, 0.3) is 0 Å². The number of hydrogen-bond acceptors (Lipinski definition) is 4. The Balaban J connectivity index is 2.09. The van der Waals surface area contributed by atoms with Gasteiger partial charge in [0.25, 0.3) is 0 Å². The van der Waals surface area contributed by atoms with Gasteiger partial charge in [0, 0.05) is 0 Å². The fourth-order valence-corrected chi connectivity index (χ4v) is 0.771. The minimum absolute atomic E-state index is 0.153. The first kappa shape index (κ1) is 6.95. The summed E-state index contributed by atoms with van der Waals surface area (Å²) >= 11 is 0. The number of ether oxygens (including phenoxy) is 1. The Hall–Kier alpha value is -0.160. The van der Waals surface area contributed by atoms with E-state index < -0.39 is 0 Å². The summed E-state index contributed by atoms with van der Waals surface area (Å²) in [5, 5.41) is 0. The molecule has 0 aliphatic carbocycles. The molecule has 1 saturated heterocycles. The van der Waals surface area contributed by atoms with Gasteiger partial charge in [0.2, 0.25) is 0 Å². The van der Waals surface area contributed by atoms with Gasteiger partial charge in [0.05, 0.1) is 25.4 Å². The SMILES string of the molecule is NOCCC1(N)COC1. The van der Waals surface area contributed by atoms with Crippen LogP contribution in [0.3, 0.4) is 0 Å². The van der Waals surface area contributed by atoms with Crippen LogP contribution < -0.4 is 11.6 Å². The maximum atomic E-state index is 5.73. The summed E-state index contributed by atoms with van der Waals surface area (Å²) < 4.78 is 4.91. The first-order valence-corrected chi connectivity index (χ1v) is 2.95. The molecule has 1 aliphatic heterocycles. The Bertz CT molecular complexity index is 93.0. The molecule has 1 fully saturated rings. The molecule has 0 bridgehead atoms. The van der Waals surface area contributed by atoms with Crippen molar-refractivity contribution >= 4 is 0 Å². The molecule has 0 radical (unpaired) electrons. The molecule has 4 N–H and O–H groups in total. The smallest absolute Gasteiger partial charge is 0.0698 e. The topological polar surface area (TPSA) is 70.5 Å². The van der Waals surface area contributed by atoms with E-state index in [9.17, 15) is 0 Å². The van der Waals surface area contributed by atoms with Crippen LogP contribution in [0.2, 0.25) is 0 Å². The summed E-state index contributed by atoms with van der Waals surface area (Å²) in [6.07, 6.45) is 0.781. The lowest BCUT2D eigenvalue weighted by atomic mass is 9.95. The average molecular weight is 132 g/mol. The molecule has 0 aromatic carbocycles. The second kappa shape index (κ2) is 2.62. The summed E-state index contributed by atoms with van der Waals surface area (Å²) in [6.45, 7) is 1.78. The highest BCUT2D eigenvalue weighted by Gasteiger charge is 2.33. The average Bonchev–Trinajstić information content (AvgIpc) is 1.79. The molecule has 4 nitrogen and oxygen atoms in total. The van der Waals surface area contributed by atoms with E-state index in [-0.39, 0.29) is 5.54 Å². The lowest BCUT2D eigenvalue weighted by molar-refractivity contribution is -0.0676. The molecular formula is C5H12N2O2. The van der Waals surface area contributed by atoms with Crippen molar-refractivity contribution in [1.82, 2.24) is 0 Å². The molecule has 1 aliphatic rings. The largest absolute Gasteiger partial charge is 0.377 e. The van der Waals surface area contributed by atoms with Crippen LogP contribution in [0.1, 0.15) is 6.42 Å². The van der Waals surface area contributed by atoms with Gasteiger partial charge in [-0.05, 0) is 6.42 Å². The highest BCUT2D eigenvalue weighted by Crippen LogP contribution is 2.16. The van der Waals surface area contributed by atoms with E-state index in [4.69, 9.17) is 16.4 Å². The lowest BCUT2D eigenvalue weighted by Gasteiger charge is -2.37. The third kappa shape index (κ3) is 1.62. The molecule has 4 heteroatoms. The van der Waals surface area contributed by atoms with Gasteiger partial charge in [0.1, 0.15) is 0 Å². The molecule has 0 aromatic heterocycles. The van der Waals surface area contributed by atoms with E-state index in [0.29, 0.717) is 19.8 Å². The van der Waals surface area contributed by atoms with Gasteiger partial charge in [0.15, 0.2) is 0 Å². The zero-order valence-electron chi connectivity index (χ0n) is 5.30. The van der Waals surface area contributed by atoms with E-state index in [1.54, 1.807) is 0 Å². The molecule has 0 saturated carbocycles. The van der Waals surface area contributed by atoms with Crippen molar-refractivity contribution < 1.29 is 9.57 Å². The van der Waals surface area contributed by atoms with Crippen LogP contribution in [-0.4, -0.2) is 25.4 Å². The van der Waals surface area contributed by atoms with Crippen LogP contribution in [0.5, 0.6) is 0 Å². The van der Waals surface area contributed by atoms with Crippen LogP contribution in [-0.2, 0) is 9.57 Å². The maximum absolute atomic E-state index is 5.73. The first-order valence-electron chi connectivity index (χ1n) is 2.95. The minimum atomic E-state index is -0.153. The summed E-state index contributed by atoms with van der Waals surface area (Å²) in [4.78, 5) is 4.38. The standard InChI is InChI=1S/C5H12N2O2/c6-5(1-2-9-7)3-8-4-5/h1-4,6-7H2. The Morgan fingerprint density at radius 2 is 2.22 bits per heavy atom. The van der Waals surface area contributed by atoms with Gasteiger partial charge < -0.3 is 15.3 Å². The van der Waals surface area contributed by atoms with Gasteiger partial charge in [-0.3, -0.25) is 0 Å². The zero-order valence-corrected chi connectivity index (χ0v) is 5.30. The molecule has 0 spiro atoms. The van der Waals surface area contributed by atoms with E-state index in [0.717, 1.165) is 6.42 Å². The Morgan fingerprint density at radius 3 is 2.56 bits per heavy atom. The lowest BCUT2D eigenvalue weighted by Crippen LogP contribution is -2.57. The van der Waals surface area contributed by atoms with Gasteiger partial charge in [-0.1, -0.05) is 0 Å². The minimum Gasteiger partial charge on any atom is -0.377 e. The molecule has 0 atom stereocenters. The van der Waals surface area contributed by atoms with Crippen molar-refractivity contribution in [3.8, 4) is 0 Å². The first-order chi connectivity index (χ1) is 4.27. The fraction of sp³-hybridized carbons (Fsp3) is 1.00. The van der Waals surface area contributed by atoms with Crippen molar-refractivity contribution in [2.24, 2.45) is 11.6 Å². The predicted octanol–water partition coefficient (Wildman–Crippen LogP) is -1.01. The highest BCUT2D eigenvalue weighted by molar-refractivity contribution is 4.89. The second-order valence-corrected chi connectivity index (χ2v) is 2.48. The van der Waals surface area contributed by atoms with E-state index in [2.05, 4.69) is 4.84 Å². The van der Waals surface area contributed by atoms with Crippen LogP contribution in [0.4, 0.5) is 0 Å². The van der Waals surface area contributed by atoms with Crippen molar-refractivity contribution in [2.75, 3.05) is 19.8 Å². The molecule has 54 valence electrons. The van der Waals surface area contributed by atoms with Crippen molar-refractivity contribution in [1.29, 1.82) is 0 Å². The molecule has 1 heterocycles. The normalized spacial score (nSPS) is 23.3. The number of rotatable bonds is 3. The molecule has 1 rings (SSSR count). The monoisotopic (exact) mass is 132 g/mol. The summed E-state index contributed by atoms with van der Waals surface area (Å²) in [5.74, 6) is 4.82. The summed E-state index contributed by atoms with van der Waals surface area (Å²) in [5.41, 5.74) is 5.57. The molecular weight excluding hydrogens is 120 g/mol. The highest BCUT2D eigenvalue weighted by atomic mass is 16.6. The van der Waals surface area contributed by atoms with Crippen LogP contribution in [0.15, 0.2) is 0 Å². The maximum Gasteiger partial charge on any atom is 0.0698 e. The van der Waals surface area contributed by atoms with E-state index >= 15 is 0 Å². The second-order valence-electron chi connectivity index (χ2n) is 2.48. The fourth-order valence-electron chi connectivity index (χ4n) is 0.771. The van der Waals surface area contributed by atoms with Gasteiger partial charge in [-0.15, -0.1) is 0 Å². The summed E-state index contributed by atoms with van der Waals surface area (Å²) in [7, 11) is 0. The Labute approximate surface area is 54.1 Å². The van der Waals surface area contributed by atoms with Crippen LogP contribution >= 0.6 is 0 Å². The molecule has 9 heavy (non-hydrogen) atoms. The van der Waals surface area contributed by atoms with Gasteiger partial charge in [-0.2, -0.15) is 0 Å². The zero-order chi connectivity index (χ0) is 6.74. The molecule has 0 amide bonds. The predicted molar refractivity (Wildman–Crippen MR) is 32.5 cm³/mol. The quantitative estimate of drug-likeness (QED) is 0.483. The van der Waals surface area contributed by atoms with Crippen LogP contribution in [0, 0.1) is 0 Å². The van der Waals surface area contributed by atoms with E-state index in [1.165, 1.54) is 0 Å². The number of hydrogen-bond donors (Lipinski definition) is 2. The summed E-state index contributed by atoms with van der Waals surface area (Å²) in [6, 6.07) is 0. The van der Waals surface area contributed by atoms with Gasteiger partial charge in [-0.25, -0.2) is 5.90 Å². The Kier molecular flexibility index (Phi) is 2.02. The molecule has 0 unspecified atom stereocenters. The number of nitrogens with two attached hydrogens (primary N) is 2. The van der Waals surface area contributed by atoms with E-state index in [1.807, 2.05) is 0 Å². The molecule has 0 aromatic rings. The van der Waals surface area contributed by atoms with Crippen molar-refractivity contribution in [2.45, 2.75) is 12.0 Å². The van der Waals surface area contributed by atoms with Gasteiger partial charge >= 0.3 is 0 Å².